The number of aromatic nitrogens is 1. The Bertz CT molecular complexity index is 309. The Morgan fingerprint density at radius 3 is 2.29 bits per heavy atom. The normalized spacial score (nSPS) is 19.1. The summed E-state index contributed by atoms with van der Waals surface area (Å²) in [5, 5.41) is 0. The van der Waals surface area contributed by atoms with Crippen LogP contribution in [-0.2, 0) is 0 Å². The van der Waals surface area contributed by atoms with E-state index in [1.165, 1.54) is 24.8 Å². The Hall–Kier alpha value is -0.890. The lowest BCUT2D eigenvalue weighted by Gasteiger charge is -2.31. The molecule has 1 aromatic rings. The summed E-state index contributed by atoms with van der Waals surface area (Å²) >= 11 is 0. The van der Waals surface area contributed by atoms with E-state index in [2.05, 4.69) is 17.1 Å². The van der Waals surface area contributed by atoms with Crippen LogP contribution < -0.4 is 5.73 Å². The van der Waals surface area contributed by atoms with Gasteiger partial charge in [0, 0.05) is 17.4 Å². The van der Waals surface area contributed by atoms with Gasteiger partial charge in [-0.3, -0.25) is 4.98 Å². The van der Waals surface area contributed by atoms with Crippen LogP contribution in [0.4, 0.5) is 0 Å². The quantitative estimate of drug-likeness (QED) is 0.778. The molecule has 1 heterocycles. The van der Waals surface area contributed by atoms with Gasteiger partial charge in [0.05, 0.1) is 0 Å². The maximum absolute atomic E-state index is 6.21. The number of rotatable bonds is 2. The fourth-order valence-corrected chi connectivity index (χ4v) is 2.13. The predicted molar refractivity (Wildman–Crippen MR) is 58.0 cm³/mol. The third-order valence-electron chi connectivity index (χ3n) is 3.15. The molecule has 1 fully saturated rings. The molecule has 1 unspecified atom stereocenters. The van der Waals surface area contributed by atoms with Crippen LogP contribution in [0.15, 0.2) is 12.1 Å². The van der Waals surface area contributed by atoms with E-state index in [0.717, 1.165) is 11.4 Å². The van der Waals surface area contributed by atoms with E-state index in [9.17, 15) is 0 Å². The van der Waals surface area contributed by atoms with Crippen molar-refractivity contribution in [3.05, 3.63) is 29.1 Å². The molecule has 0 spiro atoms. The van der Waals surface area contributed by atoms with Crippen LogP contribution in [0.5, 0.6) is 0 Å². The highest BCUT2D eigenvalue weighted by Gasteiger charge is 2.25. The Morgan fingerprint density at radius 2 is 1.86 bits per heavy atom. The first-order valence-corrected chi connectivity index (χ1v) is 5.37. The van der Waals surface area contributed by atoms with Crippen LogP contribution in [0, 0.1) is 19.8 Å². The topological polar surface area (TPSA) is 38.9 Å². The molecule has 0 amide bonds. The highest BCUT2D eigenvalue weighted by Crippen LogP contribution is 2.36. The third-order valence-corrected chi connectivity index (χ3v) is 3.15. The Morgan fingerprint density at radius 1 is 1.29 bits per heavy atom. The molecule has 1 aliphatic carbocycles. The van der Waals surface area contributed by atoms with E-state index in [0.29, 0.717) is 5.92 Å². The maximum atomic E-state index is 6.21. The van der Waals surface area contributed by atoms with Gasteiger partial charge in [-0.05, 0) is 50.3 Å². The number of pyridine rings is 1. The van der Waals surface area contributed by atoms with Crippen molar-refractivity contribution in [3.8, 4) is 0 Å². The molecule has 2 heteroatoms. The molecular weight excluding hydrogens is 172 g/mol. The molecule has 1 saturated carbocycles. The largest absolute Gasteiger partial charge is 0.324 e. The van der Waals surface area contributed by atoms with E-state index in [1.54, 1.807) is 0 Å². The van der Waals surface area contributed by atoms with Crippen LogP contribution in [-0.4, -0.2) is 4.98 Å². The molecule has 0 aliphatic heterocycles. The van der Waals surface area contributed by atoms with Gasteiger partial charge in [-0.1, -0.05) is 6.42 Å². The minimum atomic E-state index is 0.226. The summed E-state index contributed by atoms with van der Waals surface area (Å²) in [6.07, 6.45) is 3.94. The van der Waals surface area contributed by atoms with Gasteiger partial charge in [0.25, 0.3) is 0 Å². The van der Waals surface area contributed by atoms with Gasteiger partial charge in [-0.2, -0.15) is 0 Å². The van der Waals surface area contributed by atoms with E-state index in [4.69, 9.17) is 5.73 Å². The molecule has 0 aromatic carbocycles. The van der Waals surface area contributed by atoms with E-state index in [-0.39, 0.29) is 6.04 Å². The second-order valence-electron chi connectivity index (χ2n) is 4.40. The predicted octanol–water partition coefficient (Wildman–Crippen LogP) is 2.50. The van der Waals surface area contributed by atoms with E-state index >= 15 is 0 Å². The molecule has 14 heavy (non-hydrogen) atoms. The first kappa shape index (κ1) is 9.66. The minimum absolute atomic E-state index is 0.226. The highest BCUT2D eigenvalue weighted by atomic mass is 14.7. The van der Waals surface area contributed by atoms with Gasteiger partial charge < -0.3 is 5.73 Å². The average Bonchev–Trinajstić information content (AvgIpc) is 1.98. The SMILES string of the molecule is Cc1cc(C(N)C2CCC2)cc(C)n1. The minimum Gasteiger partial charge on any atom is -0.324 e. The summed E-state index contributed by atoms with van der Waals surface area (Å²) in [4.78, 5) is 4.36. The number of nitrogens with two attached hydrogens (primary N) is 1. The maximum Gasteiger partial charge on any atom is 0.0379 e. The summed E-state index contributed by atoms with van der Waals surface area (Å²) in [6.45, 7) is 4.06. The van der Waals surface area contributed by atoms with Crippen molar-refractivity contribution in [1.29, 1.82) is 0 Å². The fourth-order valence-electron chi connectivity index (χ4n) is 2.13. The van der Waals surface area contributed by atoms with Gasteiger partial charge in [-0.15, -0.1) is 0 Å². The van der Waals surface area contributed by atoms with Gasteiger partial charge in [0.1, 0.15) is 0 Å². The third kappa shape index (κ3) is 1.80. The summed E-state index contributed by atoms with van der Waals surface area (Å²) < 4.78 is 0. The van der Waals surface area contributed by atoms with Crippen LogP contribution in [0.2, 0.25) is 0 Å². The van der Waals surface area contributed by atoms with Crippen LogP contribution in [0.25, 0.3) is 0 Å². The molecule has 1 aliphatic rings. The van der Waals surface area contributed by atoms with E-state index < -0.39 is 0 Å². The Labute approximate surface area is 85.5 Å². The molecule has 1 aromatic heterocycles. The van der Waals surface area contributed by atoms with Gasteiger partial charge in [0.2, 0.25) is 0 Å². The van der Waals surface area contributed by atoms with Crippen LogP contribution in [0.3, 0.4) is 0 Å². The molecule has 2 rings (SSSR count). The summed E-state index contributed by atoms with van der Waals surface area (Å²) in [5.74, 6) is 0.705. The van der Waals surface area contributed by atoms with Crippen molar-refractivity contribution < 1.29 is 0 Å². The van der Waals surface area contributed by atoms with Crippen molar-refractivity contribution >= 4 is 0 Å². The standard InChI is InChI=1S/C12H18N2/c1-8-6-11(7-9(2)14-8)12(13)10-4-3-5-10/h6-7,10,12H,3-5,13H2,1-2H3. The lowest BCUT2D eigenvalue weighted by molar-refractivity contribution is 0.264. The van der Waals surface area contributed by atoms with Crippen LogP contribution in [0.1, 0.15) is 42.3 Å². The molecular formula is C12H18N2. The second kappa shape index (κ2) is 3.70. The zero-order valence-corrected chi connectivity index (χ0v) is 8.96. The zero-order valence-electron chi connectivity index (χ0n) is 8.96. The summed E-state index contributed by atoms with van der Waals surface area (Å²) in [6, 6.07) is 4.47. The monoisotopic (exact) mass is 190 g/mol. The van der Waals surface area contributed by atoms with Crippen LogP contribution >= 0.6 is 0 Å². The van der Waals surface area contributed by atoms with Gasteiger partial charge in [-0.25, -0.2) is 0 Å². The molecule has 2 nitrogen and oxygen atoms in total. The van der Waals surface area contributed by atoms with Crippen molar-refractivity contribution in [2.45, 2.75) is 39.2 Å². The van der Waals surface area contributed by atoms with Crippen molar-refractivity contribution in [1.82, 2.24) is 4.98 Å². The number of aryl methyl sites for hydroxylation is 2. The fraction of sp³-hybridized carbons (Fsp3) is 0.583. The summed E-state index contributed by atoms with van der Waals surface area (Å²) in [5.41, 5.74) is 9.63. The Balaban J connectivity index is 2.21. The van der Waals surface area contributed by atoms with Crippen molar-refractivity contribution in [2.75, 3.05) is 0 Å². The van der Waals surface area contributed by atoms with Crippen molar-refractivity contribution in [3.63, 3.8) is 0 Å². The number of hydrogen-bond acceptors (Lipinski definition) is 2. The van der Waals surface area contributed by atoms with E-state index in [1.807, 2.05) is 13.8 Å². The molecule has 2 N–H and O–H groups in total. The lowest BCUT2D eigenvalue weighted by atomic mass is 9.77. The van der Waals surface area contributed by atoms with Gasteiger partial charge >= 0.3 is 0 Å². The smallest absolute Gasteiger partial charge is 0.0379 e. The average molecular weight is 190 g/mol. The first-order chi connectivity index (χ1) is 6.66. The van der Waals surface area contributed by atoms with Crippen molar-refractivity contribution in [2.24, 2.45) is 11.7 Å². The highest BCUT2D eigenvalue weighted by molar-refractivity contribution is 5.24. The number of nitrogens with zero attached hydrogens (tertiary/aromatic N) is 1. The summed E-state index contributed by atoms with van der Waals surface area (Å²) in [7, 11) is 0. The molecule has 1 atom stereocenters. The molecule has 0 saturated heterocycles. The van der Waals surface area contributed by atoms with Gasteiger partial charge in [0.15, 0.2) is 0 Å². The molecule has 76 valence electrons. The second-order valence-corrected chi connectivity index (χ2v) is 4.40. The lowest BCUT2D eigenvalue weighted by Crippen LogP contribution is -2.27. The molecule has 0 radical (unpaired) electrons. The zero-order chi connectivity index (χ0) is 10.1. The molecule has 0 bridgehead atoms. The Kier molecular flexibility index (Phi) is 2.55. The number of hydrogen-bond donors (Lipinski definition) is 1. The first-order valence-electron chi connectivity index (χ1n) is 5.37.